The molecule has 2 aliphatic heterocycles. The molecule has 6 aromatic heterocycles. The van der Waals surface area contributed by atoms with E-state index in [0.29, 0.717) is 58.4 Å². The van der Waals surface area contributed by atoms with Crippen LogP contribution in [0.25, 0.3) is 45.8 Å². The van der Waals surface area contributed by atoms with E-state index in [4.69, 9.17) is 23.3 Å². The van der Waals surface area contributed by atoms with Crippen molar-refractivity contribution in [1.29, 1.82) is 0 Å². The van der Waals surface area contributed by atoms with E-state index in [9.17, 15) is 22.4 Å². The summed E-state index contributed by atoms with van der Waals surface area (Å²) in [6, 6.07) is 19.5. The Labute approximate surface area is 378 Å². The molecule has 0 unspecified atom stereocenters. The number of rotatable bonds is 12. The van der Waals surface area contributed by atoms with Gasteiger partial charge in [-0.15, -0.1) is 0 Å². The Morgan fingerprint density at radius 3 is 1.57 bits per heavy atom. The first kappa shape index (κ1) is 44.2. The average Bonchev–Trinajstić information content (AvgIpc) is 4.11. The number of carbonyl (C=O) groups is 1. The zero-order valence-electron chi connectivity index (χ0n) is 36.0. The van der Waals surface area contributed by atoms with Gasteiger partial charge in [0, 0.05) is 36.3 Å². The number of benzene rings is 2. The molecule has 2 aliphatic rings. The van der Waals surface area contributed by atoms with Crippen molar-refractivity contribution < 1.29 is 45.6 Å². The van der Waals surface area contributed by atoms with Gasteiger partial charge < -0.3 is 33.5 Å². The highest BCUT2D eigenvalue weighted by Crippen LogP contribution is 2.29. The van der Waals surface area contributed by atoms with Crippen LogP contribution < -0.4 is 14.8 Å². The van der Waals surface area contributed by atoms with Gasteiger partial charge in [-0.25, -0.2) is 23.5 Å². The molecular formula is C45H40F4N12O6. The average molecular weight is 921 g/mol. The van der Waals surface area contributed by atoms with Crippen LogP contribution in [0.5, 0.6) is 11.8 Å². The molecule has 2 saturated heterocycles. The second-order valence-corrected chi connectivity index (χ2v) is 16.3. The summed E-state index contributed by atoms with van der Waals surface area (Å²) < 4.78 is 86.6. The molecular weight excluding hydrogens is 881 g/mol. The van der Waals surface area contributed by atoms with Crippen LogP contribution in [0.15, 0.2) is 107 Å². The Morgan fingerprint density at radius 1 is 0.672 bits per heavy atom. The van der Waals surface area contributed by atoms with E-state index < -0.39 is 29.4 Å². The van der Waals surface area contributed by atoms with Crippen LogP contribution in [0, 0.1) is 23.3 Å². The SMILES string of the molecule is CC(C)(C)OC(=O)N1CC(Oc2nc(-c3cc(-c4ccon4)n(Cc4ccccc4F)n3)ncc2F)C1.Fc1ccccc1Cn1nc(-c2ncc(F)c(OC3CNC3)n2)cc1-c1ccon1. The van der Waals surface area contributed by atoms with Gasteiger partial charge in [0.2, 0.25) is 11.6 Å². The number of likely N-dealkylation sites (tertiary alicyclic amines) is 1. The summed E-state index contributed by atoms with van der Waals surface area (Å²) in [5.41, 5.74) is 3.06. The molecule has 0 radical (unpaired) electrons. The summed E-state index contributed by atoms with van der Waals surface area (Å²) in [7, 11) is 0. The number of ether oxygens (including phenoxy) is 3. The number of amides is 1. The van der Waals surface area contributed by atoms with Gasteiger partial charge in [0.05, 0.1) is 50.0 Å². The van der Waals surface area contributed by atoms with Crippen LogP contribution in [0.3, 0.4) is 0 Å². The lowest BCUT2D eigenvalue weighted by Crippen LogP contribution is -2.57. The minimum absolute atomic E-state index is 0.108. The topological polar surface area (TPSA) is 199 Å². The number of carbonyl (C=O) groups excluding carboxylic acids is 1. The molecule has 344 valence electrons. The predicted molar refractivity (Wildman–Crippen MR) is 228 cm³/mol. The maximum Gasteiger partial charge on any atom is 0.410 e. The Balaban J connectivity index is 0.000000171. The quantitative estimate of drug-likeness (QED) is 0.123. The third-order valence-electron chi connectivity index (χ3n) is 10.2. The van der Waals surface area contributed by atoms with E-state index in [1.165, 1.54) is 29.6 Å². The monoisotopic (exact) mass is 920 g/mol. The van der Waals surface area contributed by atoms with E-state index in [1.807, 2.05) is 0 Å². The van der Waals surface area contributed by atoms with Crippen LogP contribution in [0.1, 0.15) is 31.9 Å². The van der Waals surface area contributed by atoms with Crippen molar-refractivity contribution in [2.45, 2.75) is 51.7 Å². The van der Waals surface area contributed by atoms with E-state index in [1.54, 1.807) is 90.8 Å². The highest BCUT2D eigenvalue weighted by molar-refractivity contribution is 5.69. The van der Waals surface area contributed by atoms with Crippen molar-refractivity contribution in [2.75, 3.05) is 26.2 Å². The molecule has 67 heavy (non-hydrogen) atoms. The Hall–Kier alpha value is -8.01. The van der Waals surface area contributed by atoms with Gasteiger partial charge in [-0.2, -0.15) is 28.9 Å². The van der Waals surface area contributed by atoms with Crippen molar-refractivity contribution in [2.24, 2.45) is 0 Å². The van der Waals surface area contributed by atoms with Crippen LogP contribution in [0.2, 0.25) is 0 Å². The van der Waals surface area contributed by atoms with E-state index in [-0.39, 0.29) is 67.3 Å². The Morgan fingerprint density at radius 2 is 1.15 bits per heavy atom. The van der Waals surface area contributed by atoms with Gasteiger partial charge in [-0.1, -0.05) is 46.7 Å². The molecule has 2 aromatic carbocycles. The maximum atomic E-state index is 14.5. The first-order chi connectivity index (χ1) is 32.3. The zero-order valence-corrected chi connectivity index (χ0v) is 36.0. The highest BCUT2D eigenvalue weighted by atomic mass is 19.1. The molecule has 2 fully saturated rings. The first-order valence-corrected chi connectivity index (χ1v) is 20.9. The molecule has 10 rings (SSSR count). The van der Waals surface area contributed by atoms with Gasteiger partial charge >= 0.3 is 6.09 Å². The van der Waals surface area contributed by atoms with Crippen LogP contribution in [-0.2, 0) is 17.8 Å². The predicted octanol–water partition coefficient (Wildman–Crippen LogP) is 6.99. The second-order valence-electron chi connectivity index (χ2n) is 16.3. The van der Waals surface area contributed by atoms with Crippen molar-refractivity contribution >= 4 is 6.09 Å². The lowest BCUT2D eigenvalue weighted by molar-refractivity contribution is -0.0241. The molecule has 18 nitrogen and oxygen atoms in total. The highest BCUT2D eigenvalue weighted by Gasteiger charge is 2.36. The van der Waals surface area contributed by atoms with Gasteiger partial charge in [0.1, 0.15) is 64.7 Å². The first-order valence-electron chi connectivity index (χ1n) is 20.9. The molecule has 0 aliphatic carbocycles. The van der Waals surface area contributed by atoms with Crippen molar-refractivity contribution in [3.8, 4) is 57.6 Å². The van der Waals surface area contributed by atoms with Crippen LogP contribution in [0.4, 0.5) is 22.4 Å². The van der Waals surface area contributed by atoms with Crippen LogP contribution in [-0.4, -0.2) is 105 Å². The van der Waals surface area contributed by atoms with E-state index >= 15 is 0 Å². The molecule has 0 bridgehead atoms. The standard InChI is InChI=1S/C25H24F2N6O4.C20H16F2N6O2/c1-25(2,3)37-24(34)32-13-16(14-32)36-23-18(27)11-28-22(29-23)20-10-21(19-8-9-35-31-19)33(30-20)12-15-6-4-5-7-17(15)26;21-14-4-2-1-3-12(14)11-28-18(16-5-6-29-27-16)7-17(26-28)19-24-10-15(22)20(25-19)30-13-8-23-9-13/h4-11,16H,12-14H2,1-3H3;1-7,10,13,23H,8-9,11H2. The van der Waals surface area contributed by atoms with Gasteiger partial charge in [0.25, 0.3) is 11.8 Å². The molecule has 22 heteroatoms. The summed E-state index contributed by atoms with van der Waals surface area (Å²) in [6.07, 6.45) is 3.85. The number of nitrogens with zero attached hydrogens (tertiary/aromatic N) is 11. The molecule has 0 atom stereocenters. The third kappa shape index (κ3) is 10.3. The Bertz CT molecular complexity index is 2980. The summed E-state index contributed by atoms with van der Waals surface area (Å²) in [5.74, 6) is -2.20. The normalized spacial score (nSPS) is 13.9. The number of halogens is 4. The summed E-state index contributed by atoms with van der Waals surface area (Å²) in [6.45, 7) is 7.35. The lowest BCUT2D eigenvalue weighted by Gasteiger charge is -2.39. The number of hydrogen-bond acceptors (Lipinski definition) is 15. The molecule has 8 heterocycles. The van der Waals surface area contributed by atoms with Crippen molar-refractivity contribution in [3.05, 3.63) is 132 Å². The van der Waals surface area contributed by atoms with Gasteiger partial charge in [-0.05, 0) is 45.0 Å². The fraction of sp³-hybridized carbons (Fsp3) is 0.267. The minimum Gasteiger partial charge on any atom is -0.469 e. The van der Waals surface area contributed by atoms with Crippen molar-refractivity contribution in [1.82, 2.24) is 60.0 Å². The molecule has 1 N–H and O–H groups in total. The van der Waals surface area contributed by atoms with E-state index in [2.05, 4.69) is 45.8 Å². The fourth-order valence-corrected chi connectivity index (χ4v) is 6.74. The van der Waals surface area contributed by atoms with Crippen molar-refractivity contribution in [3.63, 3.8) is 0 Å². The summed E-state index contributed by atoms with van der Waals surface area (Å²) in [5, 5.41) is 20.0. The molecule has 0 saturated carbocycles. The number of aromatic nitrogens is 10. The van der Waals surface area contributed by atoms with Crippen LogP contribution >= 0.6 is 0 Å². The zero-order chi connectivity index (χ0) is 46.7. The smallest absolute Gasteiger partial charge is 0.410 e. The fourth-order valence-electron chi connectivity index (χ4n) is 6.74. The number of hydrogen-bond donors (Lipinski definition) is 1. The minimum atomic E-state index is -0.748. The summed E-state index contributed by atoms with van der Waals surface area (Å²) in [4.78, 5) is 30.1. The Kier molecular flexibility index (Phi) is 12.4. The maximum absolute atomic E-state index is 14.5. The molecule has 1 amide bonds. The van der Waals surface area contributed by atoms with Gasteiger partial charge in [0.15, 0.2) is 11.6 Å². The lowest BCUT2D eigenvalue weighted by atomic mass is 10.2. The summed E-state index contributed by atoms with van der Waals surface area (Å²) >= 11 is 0. The number of nitrogens with one attached hydrogen (secondary N) is 1. The van der Waals surface area contributed by atoms with E-state index in [0.717, 1.165) is 12.4 Å². The second kappa shape index (κ2) is 18.8. The third-order valence-corrected chi connectivity index (χ3v) is 10.2. The largest absolute Gasteiger partial charge is 0.469 e. The van der Waals surface area contributed by atoms with Gasteiger partial charge in [-0.3, -0.25) is 9.36 Å². The molecule has 8 aromatic rings. The molecule has 0 spiro atoms.